The molecule has 1 saturated heterocycles. The van der Waals surface area contributed by atoms with Gasteiger partial charge in [0.2, 0.25) is 35.4 Å². The van der Waals surface area contributed by atoms with E-state index in [0.29, 0.717) is 31.4 Å². The third-order valence-electron chi connectivity index (χ3n) is 8.35. The summed E-state index contributed by atoms with van der Waals surface area (Å²) in [6, 6.07) is 12.6. The van der Waals surface area contributed by atoms with E-state index in [-0.39, 0.29) is 37.0 Å². The van der Waals surface area contributed by atoms with Crippen molar-refractivity contribution in [1.29, 1.82) is 0 Å². The first-order chi connectivity index (χ1) is 23.7. The van der Waals surface area contributed by atoms with Gasteiger partial charge in [-0.2, -0.15) is 0 Å². The molecule has 3 rings (SSSR count). The number of nitrogens with zero attached hydrogens (tertiary/aromatic N) is 1. The normalized spacial score (nSPS) is 16.4. The predicted molar refractivity (Wildman–Crippen MR) is 184 cm³/mol. The first kappa shape index (κ1) is 39.2. The summed E-state index contributed by atoms with van der Waals surface area (Å²) in [6.07, 6.45) is 0.935. The summed E-state index contributed by atoms with van der Waals surface area (Å²) in [5.74, 6) is -4.83. The van der Waals surface area contributed by atoms with Crippen LogP contribution in [-0.4, -0.2) is 88.2 Å². The van der Waals surface area contributed by atoms with Gasteiger partial charge in [-0.25, -0.2) is 0 Å². The molecular formula is C36H48N6O8. The number of benzene rings is 2. The number of hydrogen-bond donors (Lipinski definition) is 6. The average molecular weight is 693 g/mol. The number of carboxylic acid groups (broad SMARTS) is 1. The molecule has 0 aliphatic carbocycles. The molecule has 0 aromatic heterocycles. The fourth-order valence-electron chi connectivity index (χ4n) is 6.00. The lowest BCUT2D eigenvalue weighted by Crippen LogP contribution is -2.58. The van der Waals surface area contributed by atoms with E-state index >= 15 is 0 Å². The average Bonchev–Trinajstić information content (AvgIpc) is 3.51. The Kier molecular flexibility index (Phi) is 14.9. The van der Waals surface area contributed by atoms with Crippen molar-refractivity contribution in [3.63, 3.8) is 0 Å². The minimum atomic E-state index is -1.52. The number of hydrogen-bond acceptors (Lipinski definition) is 7. The quantitative estimate of drug-likeness (QED) is 0.131. The van der Waals surface area contributed by atoms with Crippen molar-refractivity contribution in [1.82, 2.24) is 26.2 Å². The molecule has 270 valence electrons. The minimum Gasteiger partial charge on any atom is -0.481 e. The standard InChI is InChI=1S/C36H48N6O8/c1-22(2)17-30(38-23(3)43)36(50)42-16-10-15-26(42)20-31(44)39-28(18-24-11-6-4-7-12-24)34(48)41-29(19-25-13-8-5-9-14-25)35(49)40-27(33(37)47)21-32(45)46/h4-9,11-14,22,26-30H,10,15-21H2,1-3H3,(H2,37,47)(H,38,43)(H,39,44)(H,40,49)(H,41,48)(H,45,46)/t26-,27-,28-,29-,30-/m0/s1. The number of carbonyl (C=O) groups is 7. The van der Waals surface area contributed by atoms with Crippen LogP contribution >= 0.6 is 0 Å². The molecule has 2 aromatic rings. The van der Waals surface area contributed by atoms with Crippen molar-refractivity contribution in [3.05, 3.63) is 71.8 Å². The van der Waals surface area contributed by atoms with Gasteiger partial charge in [-0.15, -0.1) is 0 Å². The molecule has 14 heteroatoms. The summed E-state index contributed by atoms with van der Waals surface area (Å²) in [5.41, 5.74) is 6.74. The van der Waals surface area contributed by atoms with Crippen LogP contribution in [0.2, 0.25) is 0 Å². The molecule has 50 heavy (non-hydrogen) atoms. The topological polar surface area (TPSA) is 217 Å². The molecule has 1 aliphatic heterocycles. The van der Waals surface area contributed by atoms with Gasteiger partial charge in [-0.3, -0.25) is 33.6 Å². The van der Waals surface area contributed by atoms with Crippen LogP contribution in [0.25, 0.3) is 0 Å². The first-order valence-corrected chi connectivity index (χ1v) is 16.8. The molecule has 0 bridgehead atoms. The molecule has 0 radical (unpaired) electrons. The van der Waals surface area contributed by atoms with Gasteiger partial charge in [0.05, 0.1) is 6.42 Å². The maximum absolute atomic E-state index is 13.9. The maximum Gasteiger partial charge on any atom is 0.305 e. The summed E-state index contributed by atoms with van der Waals surface area (Å²) in [4.78, 5) is 91.0. The van der Waals surface area contributed by atoms with Gasteiger partial charge >= 0.3 is 5.97 Å². The number of primary amides is 1. The van der Waals surface area contributed by atoms with E-state index in [0.717, 1.165) is 5.56 Å². The van der Waals surface area contributed by atoms with E-state index in [2.05, 4.69) is 21.3 Å². The molecule has 0 unspecified atom stereocenters. The molecule has 7 N–H and O–H groups in total. The number of carboxylic acids is 1. The third kappa shape index (κ3) is 12.6. The van der Waals surface area contributed by atoms with Crippen molar-refractivity contribution >= 4 is 41.4 Å². The molecule has 0 saturated carbocycles. The highest BCUT2D eigenvalue weighted by molar-refractivity contribution is 5.95. The number of nitrogens with two attached hydrogens (primary N) is 1. The van der Waals surface area contributed by atoms with Crippen LogP contribution < -0.4 is 27.0 Å². The lowest BCUT2D eigenvalue weighted by atomic mass is 10.0. The number of aliphatic carboxylic acids is 1. The third-order valence-corrected chi connectivity index (χ3v) is 8.35. The monoisotopic (exact) mass is 692 g/mol. The second-order valence-electron chi connectivity index (χ2n) is 13.0. The zero-order chi connectivity index (χ0) is 36.8. The van der Waals surface area contributed by atoms with Crippen LogP contribution in [0.5, 0.6) is 0 Å². The fraction of sp³-hybridized carbons (Fsp3) is 0.472. The molecule has 0 spiro atoms. The largest absolute Gasteiger partial charge is 0.481 e. The number of amides is 6. The second kappa shape index (κ2) is 19.1. The van der Waals surface area contributed by atoms with Gasteiger partial charge in [-0.1, -0.05) is 74.5 Å². The van der Waals surface area contributed by atoms with Crippen LogP contribution in [0.1, 0.15) is 64.0 Å². The van der Waals surface area contributed by atoms with Crippen molar-refractivity contribution in [2.24, 2.45) is 11.7 Å². The predicted octanol–water partition coefficient (Wildman–Crippen LogP) is 0.818. The second-order valence-corrected chi connectivity index (χ2v) is 13.0. The summed E-state index contributed by atoms with van der Waals surface area (Å²) in [6.45, 7) is 5.70. The molecule has 1 heterocycles. The molecule has 6 amide bonds. The van der Waals surface area contributed by atoms with Gasteiger partial charge in [0.25, 0.3) is 0 Å². The summed E-state index contributed by atoms with van der Waals surface area (Å²) in [5, 5.41) is 19.8. The first-order valence-electron chi connectivity index (χ1n) is 16.8. The molecule has 2 aromatic carbocycles. The lowest BCUT2D eigenvalue weighted by molar-refractivity contribution is -0.140. The SMILES string of the molecule is CC(=O)N[C@@H](CC(C)C)C(=O)N1CCC[C@H]1CC(=O)N[C@@H](Cc1ccccc1)C(=O)N[C@@H](Cc1ccccc1)C(=O)N[C@@H](CC(=O)O)C(N)=O. The van der Waals surface area contributed by atoms with E-state index in [1.165, 1.54) is 6.92 Å². The zero-order valence-corrected chi connectivity index (χ0v) is 28.7. The Labute approximate surface area is 291 Å². The van der Waals surface area contributed by atoms with Crippen molar-refractivity contribution < 1.29 is 38.7 Å². The Hall–Kier alpha value is -5.27. The van der Waals surface area contributed by atoms with Crippen LogP contribution in [-0.2, 0) is 46.4 Å². The van der Waals surface area contributed by atoms with Crippen molar-refractivity contribution in [2.45, 2.75) is 95.9 Å². The van der Waals surface area contributed by atoms with Gasteiger partial charge in [0.15, 0.2) is 0 Å². The fourth-order valence-corrected chi connectivity index (χ4v) is 6.00. The van der Waals surface area contributed by atoms with Crippen LogP contribution in [0, 0.1) is 5.92 Å². The van der Waals surface area contributed by atoms with Crippen molar-refractivity contribution in [3.8, 4) is 0 Å². The van der Waals surface area contributed by atoms with Crippen LogP contribution in [0.15, 0.2) is 60.7 Å². The Morgan fingerprint density at radius 1 is 0.780 bits per heavy atom. The van der Waals surface area contributed by atoms with E-state index in [1.54, 1.807) is 59.5 Å². The number of likely N-dealkylation sites (tertiary alicyclic amines) is 1. The summed E-state index contributed by atoms with van der Waals surface area (Å²) in [7, 11) is 0. The lowest BCUT2D eigenvalue weighted by Gasteiger charge is -2.30. The smallest absolute Gasteiger partial charge is 0.305 e. The molecule has 5 atom stereocenters. The summed E-state index contributed by atoms with van der Waals surface area (Å²) < 4.78 is 0. The highest BCUT2D eigenvalue weighted by Crippen LogP contribution is 2.23. The molecule has 1 fully saturated rings. The van der Waals surface area contributed by atoms with Gasteiger partial charge in [0.1, 0.15) is 24.2 Å². The minimum absolute atomic E-state index is 0.00599. The van der Waals surface area contributed by atoms with Crippen molar-refractivity contribution in [2.75, 3.05) is 6.54 Å². The Balaban J connectivity index is 1.81. The number of rotatable bonds is 18. The van der Waals surface area contributed by atoms with E-state index in [4.69, 9.17) is 5.73 Å². The zero-order valence-electron chi connectivity index (χ0n) is 28.7. The Morgan fingerprint density at radius 2 is 1.30 bits per heavy atom. The summed E-state index contributed by atoms with van der Waals surface area (Å²) >= 11 is 0. The van der Waals surface area contributed by atoms with Gasteiger partial charge in [0, 0.05) is 38.8 Å². The van der Waals surface area contributed by atoms with E-state index in [9.17, 15) is 38.7 Å². The van der Waals surface area contributed by atoms with E-state index < -0.39 is 66.2 Å². The van der Waals surface area contributed by atoms with Crippen LogP contribution in [0.3, 0.4) is 0 Å². The molecule has 14 nitrogen and oxygen atoms in total. The van der Waals surface area contributed by atoms with Crippen LogP contribution in [0.4, 0.5) is 0 Å². The number of carbonyl (C=O) groups excluding carboxylic acids is 6. The molecule has 1 aliphatic rings. The Bertz CT molecular complexity index is 1500. The highest BCUT2D eigenvalue weighted by Gasteiger charge is 2.36. The maximum atomic E-state index is 13.9. The molecular weight excluding hydrogens is 644 g/mol. The highest BCUT2D eigenvalue weighted by atomic mass is 16.4. The number of nitrogens with one attached hydrogen (secondary N) is 4. The Morgan fingerprint density at radius 3 is 1.78 bits per heavy atom. The van der Waals surface area contributed by atoms with Gasteiger partial charge < -0.3 is 37.0 Å². The van der Waals surface area contributed by atoms with E-state index in [1.807, 2.05) is 19.9 Å². The van der Waals surface area contributed by atoms with Gasteiger partial charge in [-0.05, 0) is 36.3 Å².